The molecule has 0 spiro atoms. The zero-order chi connectivity index (χ0) is 14.5. The molecule has 106 valence electrons. The minimum absolute atomic E-state index is 0.0190. The van der Waals surface area contributed by atoms with Crippen LogP contribution >= 0.6 is 12.6 Å². The molecule has 0 saturated carbocycles. The van der Waals surface area contributed by atoms with Crippen LogP contribution in [0, 0.1) is 6.92 Å². The van der Waals surface area contributed by atoms with Crippen LogP contribution in [0.1, 0.15) is 15.9 Å². The third-order valence-corrected chi connectivity index (χ3v) is 2.54. The highest BCUT2D eigenvalue weighted by Gasteiger charge is 2.27. The summed E-state index contributed by atoms with van der Waals surface area (Å²) in [5.41, 5.74) is 1.22. The summed E-state index contributed by atoms with van der Waals surface area (Å²) in [5.74, 6) is -0.357. The van der Waals surface area contributed by atoms with Gasteiger partial charge in [0.05, 0.1) is 6.61 Å². The van der Waals surface area contributed by atoms with Crippen LogP contribution in [0.2, 0.25) is 0 Å². The fraction of sp³-hybridized carbons (Fsp3) is 0.417. The second-order valence-corrected chi connectivity index (χ2v) is 4.44. The molecule has 1 aromatic carbocycles. The molecule has 1 N–H and O–H groups in total. The fourth-order valence-electron chi connectivity index (χ4n) is 1.37. The van der Waals surface area contributed by atoms with Gasteiger partial charge in [0.25, 0.3) is 5.91 Å². The van der Waals surface area contributed by atoms with E-state index in [0.29, 0.717) is 10.5 Å². The third-order valence-electron chi connectivity index (χ3n) is 2.26. The van der Waals surface area contributed by atoms with Gasteiger partial charge < -0.3 is 10.1 Å². The van der Waals surface area contributed by atoms with Crippen LogP contribution in [-0.2, 0) is 4.74 Å². The van der Waals surface area contributed by atoms with E-state index in [-0.39, 0.29) is 19.1 Å². The normalized spacial score (nSPS) is 11.4. The molecule has 3 nitrogen and oxygen atoms in total. The standard InChI is InChI=1S/C12H14F3NO2S/c1-8-2-3-9(19)6-10(8)11(17)16-4-5-18-7-12(13,14)15/h2-3,6,19H,4-5,7H2,1H3,(H,16,17). The molecule has 1 amide bonds. The van der Waals surface area contributed by atoms with E-state index in [0.717, 1.165) is 5.56 Å². The highest BCUT2D eigenvalue weighted by Crippen LogP contribution is 2.15. The van der Waals surface area contributed by atoms with Gasteiger partial charge in [-0.25, -0.2) is 0 Å². The van der Waals surface area contributed by atoms with Crippen LogP contribution in [0.3, 0.4) is 0 Å². The number of halogens is 3. The zero-order valence-corrected chi connectivity index (χ0v) is 11.1. The monoisotopic (exact) mass is 293 g/mol. The number of benzene rings is 1. The van der Waals surface area contributed by atoms with E-state index < -0.39 is 12.8 Å². The molecular formula is C12H14F3NO2S. The van der Waals surface area contributed by atoms with E-state index in [2.05, 4.69) is 22.7 Å². The van der Waals surface area contributed by atoms with Crippen molar-refractivity contribution < 1.29 is 22.7 Å². The van der Waals surface area contributed by atoms with Gasteiger partial charge in [-0.1, -0.05) is 6.07 Å². The van der Waals surface area contributed by atoms with Crippen LogP contribution in [0.5, 0.6) is 0 Å². The van der Waals surface area contributed by atoms with Crippen LogP contribution in [0.15, 0.2) is 23.1 Å². The molecule has 1 aromatic rings. The minimum Gasteiger partial charge on any atom is -0.370 e. The molecule has 0 atom stereocenters. The van der Waals surface area contributed by atoms with Crippen LogP contribution in [0.25, 0.3) is 0 Å². The predicted octanol–water partition coefficient (Wildman–Crippen LogP) is 2.59. The van der Waals surface area contributed by atoms with Gasteiger partial charge >= 0.3 is 6.18 Å². The number of rotatable bonds is 5. The minimum atomic E-state index is -4.35. The van der Waals surface area contributed by atoms with E-state index in [4.69, 9.17) is 0 Å². The van der Waals surface area contributed by atoms with E-state index in [1.165, 1.54) is 0 Å². The lowest BCUT2D eigenvalue weighted by atomic mass is 10.1. The molecule has 0 fully saturated rings. The van der Waals surface area contributed by atoms with Crippen molar-refractivity contribution in [2.24, 2.45) is 0 Å². The van der Waals surface area contributed by atoms with Gasteiger partial charge in [0, 0.05) is 17.0 Å². The van der Waals surface area contributed by atoms with Crippen molar-refractivity contribution >= 4 is 18.5 Å². The van der Waals surface area contributed by atoms with E-state index in [9.17, 15) is 18.0 Å². The van der Waals surface area contributed by atoms with E-state index in [1.807, 2.05) is 0 Å². The maximum absolute atomic E-state index is 11.8. The van der Waals surface area contributed by atoms with Crippen molar-refractivity contribution in [3.05, 3.63) is 29.3 Å². The summed E-state index contributed by atoms with van der Waals surface area (Å²) in [6.07, 6.45) is -4.35. The van der Waals surface area contributed by atoms with Gasteiger partial charge in [0.1, 0.15) is 6.61 Å². The smallest absolute Gasteiger partial charge is 0.370 e. The predicted molar refractivity (Wildman–Crippen MR) is 67.6 cm³/mol. The first kappa shape index (κ1) is 15.8. The molecule has 0 radical (unpaired) electrons. The largest absolute Gasteiger partial charge is 0.411 e. The zero-order valence-electron chi connectivity index (χ0n) is 10.3. The SMILES string of the molecule is Cc1ccc(S)cc1C(=O)NCCOCC(F)(F)F. The van der Waals surface area contributed by atoms with Gasteiger partial charge in [0.15, 0.2) is 0 Å². The van der Waals surface area contributed by atoms with Crippen molar-refractivity contribution in [2.45, 2.75) is 18.0 Å². The molecule has 0 aliphatic heterocycles. The Morgan fingerprint density at radius 1 is 1.42 bits per heavy atom. The summed E-state index contributed by atoms with van der Waals surface area (Å²) in [7, 11) is 0. The Balaban J connectivity index is 2.38. The number of carbonyl (C=O) groups is 1. The first-order valence-corrected chi connectivity index (χ1v) is 5.96. The van der Waals surface area contributed by atoms with Crippen molar-refractivity contribution in [1.82, 2.24) is 5.32 Å². The highest BCUT2D eigenvalue weighted by molar-refractivity contribution is 7.80. The summed E-state index contributed by atoms with van der Waals surface area (Å²) in [6.45, 7) is 0.284. The number of alkyl halides is 3. The van der Waals surface area contributed by atoms with Crippen LogP contribution in [0.4, 0.5) is 13.2 Å². The van der Waals surface area contributed by atoms with Gasteiger partial charge in [0.2, 0.25) is 0 Å². The highest BCUT2D eigenvalue weighted by atomic mass is 32.1. The molecule has 7 heteroatoms. The number of hydrogen-bond donors (Lipinski definition) is 2. The Morgan fingerprint density at radius 3 is 2.74 bits per heavy atom. The van der Waals surface area contributed by atoms with Crippen LogP contribution < -0.4 is 5.32 Å². The van der Waals surface area contributed by atoms with Crippen molar-refractivity contribution in [3.63, 3.8) is 0 Å². The Kier molecular flexibility index (Phi) is 5.68. The number of hydrogen-bond acceptors (Lipinski definition) is 3. The summed E-state index contributed by atoms with van der Waals surface area (Å²) >= 11 is 4.12. The fourth-order valence-corrected chi connectivity index (χ4v) is 1.58. The molecule has 0 aliphatic rings. The number of amides is 1. The van der Waals surface area contributed by atoms with Crippen molar-refractivity contribution in [3.8, 4) is 0 Å². The lowest BCUT2D eigenvalue weighted by Crippen LogP contribution is -2.29. The Morgan fingerprint density at radius 2 is 2.11 bits per heavy atom. The molecule has 0 bridgehead atoms. The first-order chi connectivity index (χ1) is 8.79. The molecule has 0 aliphatic carbocycles. The summed E-state index contributed by atoms with van der Waals surface area (Å²) in [5, 5.41) is 2.49. The van der Waals surface area contributed by atoms with Crippen molar-refractivity contribution in [1.29, 1.82) is 0 Å². The van der Waals surface area contributed by atoms with Gasteiger partial charge in [-0.2, -0.15) is 13.2 Å². The number of carbonyl (C=O) groups excluding carboxylic acids is 1. The topological polar surface area (TPSA) is 38.3 Å². The summed E-state index contributed by atoms with van der Waals surface area (Å²) < 4.78 is 39.7. The maximum atomic E-state index is 11.8. The lowest BCUT2D eigenvalue weighted by Gasteiger charge is -2.10. The average Bonchev–Trinajstić information content (AvgIpc) is 2.30. The number of nitrogens with one attached hydrogen (secondary N) is 1. The quantitative estimate of drug-likeness (QED) is 0.647. The second kappa shape index (κ2) is 6.81. The first-order valence-electron chi connectivity index (χ1n) is 5.52. The van der Waals surface area contributed by atoms with Gasteiger partial charge in [-0.05, 0) is 24.6 Å². The Labute approximate surface area is 114 Å². The Bertz CT molecular complexity index is 449. The molecule has 0 unspecified atom stereocenters. The maximum Gasteiger partial charge on any atom is 0.411 e. The average molecular weight is 293 g/mol. The third kappa shape index (κ3) is 5.98. The molecule has 0 aromatic heterocycles. The second-order valence-electron chi connectivity index (χ2n) is 3.92. The number of aryl methyl sites for hydroxylation is 1. The Hall–Kier alpha value is -1.21. The van der Waals surface area contributed by atoms with Crippen LogP contribution in [-0.4, -0.2) is 31.8 Å². The molecule has 0 heterocycles. The van der Waals surface area contributed by atoms with Gasteiger partial charge in [-0.3, -0.25) is 4.79 Å². The molecule has 19 heavy (non-hydrogen) atoms. The summed E-state index contributed by atoms with van der Waals surface area (Å²) in [4.78, 5) is 12.4. The number of ether oxygens (including phenoxy) is 1. The molecule has 0 saturated heterocycles. The lowest BCUT2D eigenvalue weighted by molar-refractivity contribution is -0.173. The summed E-state index contributed by atoms with van der Waals surface area (Å²) in [6, 6.07) is 5.10. The van der Waals surface area contributed by atoms with Crippen molar-refractivity contribution in [2.75, 3.05) is 19.8 Å². The van der Waals surface area contributed by atoms with E-state index >= 15 is 0 Å². The van der Waals surface area contributed by atoms with Gasteiger partial charge in [-0.15, -0.1) is 12.6 Å². The number of thiol groups is 1. The molecular weight excluding hydrogens is 279 g/mol. The van der Waals surface area contributed by atoms with E-state index in [1.54, 1.807) is 25.1 Å². The molecule has 1 rings (SSSR count).